The summed E-state index contributed by atoms with van der Waals surface area (Å²) < 4.78 is 13.6. The first-order valence-corrected chi connectivity index (χ1v) is 8.48. The van der Waals surface area contributed by atoms with Crippen molar-refractivity contribution in [3.63, 3.8) is 0 Å². The van der Waals surface area contributed by atoms with Crippen molar-refractivity contribution < 1.29 is 14.3 Å². The number of carbonyl (C=O) groups excluding carboxylic acids is 1. The fourth-order valence-corrected chi connectivity index (χ4v) is 2.62. The second-order valence-electron chi connectivity index (χ2n) is 6.16. The van der Waals surface area contributed by atoms with Crippen LogP contribution in [0.25, 0.3) is 0 Å². The van der Waals surface area contributed by atoms with Gasteiger partial charge in [0, 0.05) is 30.8 Å². The Kier molecular flexibility index (Phi) is 7.10. The maximum atomic E-state index is 13.6. The van der Waals surface area contributed by atoms with Gasteiger partial charge < -0.3 is 15.7 Å². The van der Waals surface area contributed by atoms with Crippen LogP contribution in [0.15, 0.2) is 48.5 Å². The van der Waals surface area contributed by atoms with Crippen molar-refractivity contribution in [1.29, 1.82) is 0 Å². The van der Waals surface area contributed by atoms with Crippen molar-refractivity contribution in [3.05, 3.63) is 71.0 Å². The number of aliphatic hydroxyl groups is 1. The number of carbonyl (C=O) groups is 1. The zero-order valence-electron chi connectivity index (χ0n) is 14.6. The second-order valence-corrected chi connectivity index (χ2v) is 6.16. The third-order valence-electron chi connectivity index (χ3n) is 4.23. The van der Waals surface area contributed by atoms with Crippen LogP contribution < -0.4 is 10.6 Å². The fraction of sp³-hybridized carbons (Fsp3) is 0.350. The highest BCUT2D eigenvalue weighted by atomic mass is 19.1. The molecule has 5 heteroatoms. The van der Waals surface area contributed by atoms with Crippen LogP contribution in [0.1, 0.15) is 40.9 Å². The molecule has 2 unspecified atom stereocenters. The first kappa shape index (κ1) is 19.1. The van der Waals surface area contributed by atoms with E-state index in [1.807, 2.05) is 31.2 Å². The number of benzene rings is 2. The highest BCUT2D eigenvalue weighted by molar-refractivity contribution is 5.93. The number of hydrogen-bond donors (Lipinski definition) is 3. The minimum Gasteiger partial charge on any atom is -0.387 e. The summed E-state index contributed by atoms with van der Waals surface area (Å²) >= 11 is 0. The Hall–Kier alpha value is -2.24. The lowest BCUT2D eigenvalue weighted by molar-refractivity contribution is 0.0963. The molecule has 0 aromatic heterocycles. The lowest BCUT2D eigenvalue weighted by atomic mass is 10.0. The summed E-state index contributed by atoms with van der Waals surface area (Å²) in [7, 11) is 1.61. The number of aliphatic hydroxyl groups excluding tert-OH is 1. The molecular formula is C20H25FN2O2. The molecule has 0 aliphatic heterocycles. The van der Waals surface area contributed by atoms with E-state index < -0.39 is 6.10 Å². The Labute approximate surface area is 148 Å². The number of nitrogens with one attached hydrogen (secondary N) is 2. The topological polar surface area (TPSA) is 61.4 Å². The lowest BCUT2D eigenvalue weighted by Gasteiger charge is -2.18. The van der Waals surface area contributed by atoms with E-state index in [0.717, 1.165) is 18.4 Å². The zero-order chi connectivity index (χ0) is 18.2. The first-order chi connectivity index (χ1) is 12.0. The van der Waals surface area contributed by atoms with Gasteiger partial charge in [-0.25, -0.2) is 4.39 Å². The molecule has 0 aliphatic carbocycles. The van der Waals surface area contributed by atoms with E-state index in [9.17, 15) is 14.3 Å². The summed E-state index contributed by atoms with van der Waals surface area (Å²) in [6.07, 6.45) is 0.872. The summed E-state index contributed by atoms with van der Waals surface area (Å²) in [5.74, 6) is -0.482. The highest BCUT2D eigenvalue weighted by Crippen LogP contribution is 2.16. The van der Waals surface area contributed by atoms with Crippen LogP contribution in [0.2, 0.25) is 0 Å². The molecule has 0 spiro atoms. The fourth-order valence-electron chi connectivity index (χ4n) is 2.62. The van der Waals surface area contributed by atoms with Gasteiger partial charge in [0.1, 0.15) is 5.82 Å². The molecule has 25 heavy (non-hydrogen) atoms. The standard InChI is InChI=1S/C20H25FN2O2/c1-14(23-13-19(24)17-5-3-4-6-18(17)21)7-8-15-9-11-16(12-10-15)20(25)22-2/h3-6,9-12,14,19,23-24H,7-8,13H2,1-2H3,(H,22,25). The van der Waals surface area contributed by atoms with Gasteiger partial charge in [-0.05, 0) is 43.5 Å². The molecule has 2 rings (SSSR count). The van der Waals surface area contributed by atoms with Crippen LogP contribution in [-0.2, 0) is 6.42 Å². The maximum Gasteiger partial charge on any atom is 0.251 e. The number of rotatable bonds is 8. The highest BCUT2D eigenvalue weighted by Gasteiger charge is 2.13. The van der Waals surface area contributed by atoms with Crippen LogP contribution in [0.3, 0.4) is 0 Å². The molecule has 4 nitrogen and oxygen atoms in total. The molecule has 0 saturated carbocycles. The van der Waals surface area contributed by atoms with Crippen molar-refractivity contribution in [2.75, 3.05) is 13.6 Å². The summed E-state index contributed by atoms with van der Waals surface area (Å²) in [4.78, 5) is 11.5. The van der Waals surface area contributed by atoms with Gasteiger partial charge in [-0.15, -0.1) is 0 Å². The normalized spacial score (nSPS) is 13.3. The molecule has 0 bridgehead atoms. The van der Waals surface area contributed by atoms with Crippen LogP contribution in [0.5, 0.6) is 0 Å². The zero-order valence-corrected chi connectivity index (χ0v) is 14.6. The van der Waals surface area contributed by atoms with E-state index in [2.05, 4.69) is 10.6 Å². The average Bonchev–Trinajstić information content (AvgIpc) is 2.64. The van der Waals surface area contributed by atoms with Gasteiger partial charge in [-0.3, -0.25) is 4.79 Å². The molecule has 0 heterocycles. The molecule has 0 radical (unpaired) electrons. The molecule has 0 saturated heterocycles. The van der Waals surface area contributed by atoms with Crippen molar-refractivity contribution in [1.82, 2.24) is 10.6 Å². The van der Waals surface area contributed by atoms with E-state index in [0.29, 0.717) is 17.7 Å². The summed E-state index contributed by atoms with van der Waals surface area (Å²) in [5, 5.41) is 15.9. The number of amides is 1. The van der Waals surface area contributed by atoms with E-state index in [-0.39, 0.29) is 17.8 Å². The number of aryl methyl sites for hydroxylation is 1. The van der Waals surface area contributed by atoms with Gasteiger partial charge in [-0.1, -0.05) is 30.3 Å². The molecular weight excluding hydrogens is 319 g/mol. The minimum atomic E-state index is -0.865. The molecule has 134 valence electrons. The predicted octanol–water partition coefficient (Wildman–Crippen LogP) is 2.83. The van der Waals surface area contributed by atoms with Crippen molar-refractivity contribution in [2.24, 2.45) is 0 Å². The maximum absolute atomic E-state index is 13.6. The average molecular weight is 344 g/mol. The molecule has 2 atom stereocenters. The Morgan fingerprint density at radius 3 is 2.48 bits per heavy atom. The number of hydrogen-bond acceptors (Lipinski definition) is 3. The van der Waals surface area contributed by atoms with E-state index in [1.165, 1.54) is 6.07 Å². The quantitative estimate of drug-likeness (QED) is 0.690. The van der Waals surface area contributed by atoms with Crippen molar-refractivity contribution in [3.8, 4) is 0 Å². The van der Waals surface area contributed by atoms with Gasteiger partial charge in [0.25, 0.3) is 5.91 Å². The van der Waals surface area contributed by atoms with E-state index in [4.69, 9.17) is 0 Å². The van der Waals surface area contributed by atoms with Crippen LogP contribution in [-0.4, -0.2) is 30.6 Å². The molecule has 0 aliphatic rings. The van der Waals surface area contributed by atoms with Crippen LogP contribution >= 0.6 is 0 Å². The molecule has 3 N–H and O–H groups in total. The van der Waals surface area contributed by atoms with Gasteiger partial charge in [0.05, 0.1) is 6.10 Å². The van der Waals surface area contributed by atoms with Gasteiger partial charge >= 0.3 is 0 Å². The smallest absolute Gasteiger partial charge is 0.251 e. The van der Waals surface area contributed by atoms with Crippen molar-refractivity contribution >= 4 is 5.91 Å². The van der Waals surface area contributed by atoms with Crippen LogP contribution in [0.4, 0.5) is 4.39 Å². The molecule has 2 aromatic carbocycles. The van der Waals surface area contributed by atoms with E-state index in [1.54, 1.807) is 25.2 Å². The Bertz CT molecular complexity index is 688. The largest absolute Gasteiger partial charge is 0.387 e. The predicted molar refractivity (Wildman–Crippen MR) is 97.0 cm³/mol. The monoisotopic (exact) mass is 344 g/mol. The third kappa shape index (κ3) is 5.66. The third-order valence-corrected chi connectivity index (χ3v) is 4.23. The summed E-state index contributed by atoms with van der Waals surface area (Å²) in [6, 6.07) is 14.0. The Balaban J connectivity index is 1.78. The van der Waals surface area contributed by atoms with Gasteiger partial charge in [0.2, 0.25) is 0 Å². The van der Waals surface area contributed by atoms with Crippen LogP contribution in [0, 0.1) is 5.82 Å². The van der Waals surface area contributed by atoms with Gasteiger partial charge in [0.15, 0.2) is 0 Å². The molecule has 1 amide bonds. The summed E-state index contributed by atoms with van der Waals surface area (Å²) in [6.45, 7) is 2.34. The summed E-state index contributed by atoms with van der Waals surface area (Å²) in [5.41, 5.74) is 2.10. The first-order valence-electron chi connectivity index (χ1n) is 8.48. The SMILES string of the molecule is CNC(=O)c1ccc(CCC(C)NCC(O)c2ccccc2F)cc1. The molecule has 0 fully saturated rings. The van der Waals surface area contributed by atoms with Crippen molar-refractivity contribution in [2.45, 2.75) is 31.9 Å². The second kappa shape index (κ2) is 9.30. The Morgan fingerprint density at radius 1 is 1.16 bits per heavy atom. The minimum absolute atomic E-state index is 0.0938. The molecule has 2 aromatic rings. The lowest BCUT2D eigenvalue weighted by Crippen LogP contribution is -2.31. The number of halogens is 1. The Morgan fingerprint density at radius 2 is 1.84 bits per heavy atom. The van der Waals surface area contributed by atoms with Gasteiger partial charge in [-0.2, -0.15) is 0 Å². The van der Waals surface area contributed by atoms with E-state index >= 15 is 0 Å².